The van der Waals surface area contributed by atoms with E-state index in [1.807, 2.05) is 12.1 Å². The number of pyridine rings is 1. The molecule has 1 aliphatic heterocycles. The second kappa shape index (κ2) is 9.99. The number of nitrogens with zero attached hydrogens (tertiary/aromatic N) is 2. The number of amides is 1. The van der Waals surface area contributed by atoms with Gasteiger partial charge in [0.05, 0.1) is 13.1 Å². The van der Waals surface area contributed by atoms with Crippen LogP contribution in [-0.4, -0.2) is 41.4 Å². The Bertz CT molecular complexity index is 1210. The van der Waals surface area contributed by atoms with Crippen molar-refractivity contribution in [3.8, 4) is 22.6 Å². The number of ether oxygens (including phenoxy) is 1. The molecular formula is C27H33FN5O3+. The molecule has 0 atom stereocenters. The normalized spacial score (nSPS) is 20.2. The predicted molar refractivity (Wildman–Crippen MR) is 134 cm³/mol. The second-order valence-corrected chi connectivity index (χ2v) is 10.4. The van der Waals surface area contributed by atoms with Crippen LogP contribution < -0.4 is 16.0 Å². The molecule has 2 aromatic heterocycles. The minimum Gasteiger partial charge on any atom is -0.440 e. The zero-order valence-corrected chi connectivity index (χ0v) is 20.7. The molecule has 1 aromatic carbocycles. The van der Waals surface area contributed by atoms with Crippen LogP contribution in [0.1, 0.15) is 51.3 Å². The van der Waals surface area contributed by atoms with Gasteiger partial charge in [-0.1, -0.05) is 0 Å². The molecule has 2 fully saturated rings. The first kappa shape index (κ1) is 24.4. The van der Waals surface area contributed by atoms with Crippen molar-refractivity contribution >= 4 is 11.9 Å². The number of piperidine rings is 1. The second-order valence-electron chi connectivity index (χ2n) is 10.4. The van der Waals surface area contributed by atoms with E-state index in [9.17, 15) is 9.18 Å². The first-order valence-corrected chi connectivity index (χ1v) is 12.6. The third-order valence-corrected chi connectivity index (χ3v) is 6.64. The van der Waals surface area contributed by atoms with Gasteiger partial charge in [-0.05, 0) is 69.0 Å². The summed E-state index contributed by atoms with van der Waals surface area (Å²) in [6.45, 7) is 5.44. The number of nitrogens with one attached hydrogen (secondary N) is 2. The van der Waals surface area contributed by atoms with Crippen molar-refractivity contribution in [2.75, 3.05) is 25.0 Å². The molecule has 0 radical (unpaired) electrons. The number of nitrogens with two attached hydrogens (primary N) is 1. The molecule has 36 heavy (non-hydrogen) atoms. The number of likely N-dealkylation sites (tertiary alicyclic amines) is 1. The highest BCUT2D eigenvalue weighted by molar-refractivity contribution is 5.78. The maximum atomic E-state index is 13.6. The van der Waals surface area contributed by atoms with Crippen LogP contribution >= 0.6 is 0 Å². The van der Waals surface area contributed by atoms with Gasteiger partial charge in [0.2, 0.25) is 0 Å². The summed E-state index contributed by atoms with van der Waals surface area (Å²) in [4.78, 5) is 22.5. The Labute approximate surface area is 210 Å². The summed E-state index contributed by atoms with van der Waals surface area (Å²) in [5.41, 5.74) is 7.14. The summed E-state index contributed by atoms with van der Waals surface area (Å²) in [5.74, 6) is 2.54. The summed E-state index contributed by atoms with van der Waals surface area (Å²) in [7, 11) is 0. The quantitative estimate of drug-likeness (QED) is 0.427. The molecule has 190 valence electrons. The summed E-state index contributed by atoms with van der Waals surface area (Å²) in [6, 6.07) is 10.1. The van der Waals surface area contributed by atoms with Gasteiger partial charge < -0.3 is 14.5 Å². The maximum Gasteiger partial charge on any atom is 0.516 e. The van der Waals surface area contributed by atoms with Crippen molar-refractivity contribution in [2.45, 2.75) is 51.2 Å². The average molecular weight is 495 g/mol. The fourth-order valence-electron chi connectivity index (χ4n) is 4.48. The Kier molecular flexibility index (Phi) is 6.77. The minimum atomic E-state index is -1.00. The van der Waals surface area contributed by atoms with E-state index in [0.29, 0.717) is 30.4 Å². The van der Waals surface area contributed by atoms with E-state index in [-0.39, 0.29) is 17.8 Å². The Morgan fingerprint density at radius 1 is 1.17 bits per heavy atom. The number of anilines is 1. The molecule has 1 aliphatic carbocycles. The summed E-state index contributed by atoms with van der Waals surface area (Å²) in [6.07, 6.45) is 5.40. The van der Waals surface area contributed by atoms with Crippen molar-refractivity contribution < 1.29 is 23.2 Å². The van der Waals surface area contributed by atoms with E-state index in [1.54, 1.807) is 32.2 Å². The SMILES string of the molecule is CC(C)(N)OC(=O)[NH+]1CCC(c2nc(-c3ccc(F)cc3)c(-c3ccnc(NCC4CC4)c3)o2)CC1. The number of rotatable bonds is 7. The number of halogens is 1. The van der Waals surface area contributed by atoms with Crippen molar-refractivity contribution in [2.24, 2.45) is 11.7 Å². The van der Waals surface area contributed by atoms with Crippen LogP contribution in [0.4, 0.5) is 15.0 Å². The Balaban J connectivity index is 1.39. The molecule has 0 bridgehead atoms. The molecule has 2 aliphatic rings. The Morgan fingerprint density at radius 2 is 1.89 bits per heavy atom. The third kappa shape index (κ3) is 5.91. The predicted octanol–water partition coefficient (Wildman–Crippen LogP) is 3.96. The summed E-state index contributed by atoms with van der Waals surface area (Å²) in [5, 5.41) is 3.41. The number of benzene rings is 1. The van der Waals surface area contributed by atoms with E-state index in [1.165, 1.54) is 25.0 Å². The molecular weight excluding hydrogens is 461 g/mol. The van der Waals surface area contributed by atoms with Crippen LogP contribution in [0.25, 0.3) is 22.6 Å². The zero-order chi connectivity index (χ0) is 25.3. The number of hydrogen-bond acceptors (Lipinski definition) is 7. The lowest BCUT2D eigenvalue weighted by Gasteiger charge is -2.27. The number of quaternary nitrogens is 1. The van der Waals surface area contributed by atoms with Gasteiger partial charge in [-0.3, -0.25) is 5.73 Å². The van der Waals surface area contributed by atoms with Crippen LogP contribution in [0.15, 0.2) is 47.0 Å². The van der Waals surface area contributed by atoms with Gasteiger partial charge in [0, 0.05) is 42.6 Å². The van der Waals surface area contributed by atoms with E-state index < -0.39 is 5.72 Å². The lowest BCUT2D eigenvalue weighted by molar-refractivity contribution is -0.831. The van der Waals surface area contributed by atoms with Crippen LogP contribution in [-0.2, 0) is 4.74 Å². The van der Waals surface area contributed by atoms with Crippen LogP contribution in [0.5, 0.6) is 0 Å². The van der Waals surface area contributed by atoms with E-state index in [0.717, 1.165) is 47.1 Å². The Morgan fingerprint density at radius 3 is 2.56 bits per heavy atom. The molecule has 0 spiro atoms. The molecule has 4 N–H and O–H groups in total. The maximum absolute atomic E-state index is 13.6. The third-order valence-electron chi connectivity index (χ3n) is 6.64. The molecule has 1 saturated heterocycles. The van der Waals surface area contributed by atoms with Crippen molar-refractivity contribution in [3.63, 3.8) is 0 Å². The first-order valence-electron chi connectivity index (χ1n) is 12.6. The Hall–Kier alpha value is -3.30. The average Bonchev–Trinajstić information content (AvgIpc) is 3.58. The van der Waals surface area contributed by atoms with E-state index >= 15 is 0 Å². The molecule has 9 heteroatoms. The fraction of sp³-hybridized carbons (Fsp3) is 0.444. The number of carbonyl (C=O) groups is 1. The molecule has 8 nitrogen and oxygen atoms in total. The topological polar surface area (TPSA) is 108 Å². The van der Waals surface area contributed by atoms with Crippen LogP contribution in [0.3, 0.4) is 0 Å². The van der Waals surface area contributed by atoms with E-state index in [2.05, 4.69) is 10.3 Å². The van der Waals surface area contributed by atoms with Gasteiger partial charge in [-0.25, -0.2) is 19.3 Å². The summed E-state index contributed by atoms with van der Waals surface area (Å²) >= 11 is 0. The van der Waals surface area contributed by atoms with Crippen molar-refractivity contribution in [1.82, 2.24) is 9.97 Å². The zero-order valence-electron chi connectivity index (χ0n) is 20.7. The first-order chi connectivity index (χ1) is 17.2. The van der Waals surface area contributed by atoms with Gasteiger partial charge in [-0.2, -0.15) is 4.79 Å². The van der Waals surface area contributed by atoms with Gasteiger partial charge >= 0.3 is 6.09 Å². The number of alkyl carbamates (subject to hydrolysis) is 2. The van der Waals surface area contributed by atoms with Gasteiger partial charge in [-0.15, -0.1) is 0 Å². The van der Waals surface area contributed by atoms with Gasteiger partial charge in [0.25, 0.3) is 0 Å². The lowest BCUT2D eigenvalue weighted by Crippen LogP contribution is -3.15. The standard InChI is InChI=1S/C27H32FN5O3/c1-27(2,29)36-26(34)33-13-10-19(11-14-33)25-32-23(18-5-7-21(28)8-6-18)24(35-25)20-9-12-30-22(15-20)31-16-17-3-4-17/h5-9,12,15,17,19H,3-4,10-11,13-14,16,29H2,1-2H3,(H,30,31)/p+1. The molecule has 1 amide bonds. The molecule has 5 rings (SSSR count). The molecule has 3 heterocycles. The minimum absolute atomic E-state index is 0.0645. The smallest absolute Gasteiger partial charge is 0.440 e. The largest absolute Gasteiger partial charge is 0.516 e. The van der Waals surface area contributed by atoms with Crippen molar-refractivity contribution in [1.29, 1.82) is 0 Å². The number of carbonyl (C=O) groups excluding carboxylic acids is 1. The van der Waals surface area contributed by atoms with Crippen molar-refractivity contribution in [3.05, 3.63) is 54.3 Å². The number of oxazole rings is 1. The fourth-order valence-corrected chi connectivity index (χ4v) is 4.48. The lowest BCUT2D eigenvalue weighted by atomic mass is 9.97. The summed E-state index contributed by atoms with van der Waals surface area (Å²) < 4.78 is 25.4. The van der Waals surface area contributed by atoms with E-state index in [4.69, 9.17) is 19.9 Å². The number of hydrogen-bond donors (Lipinski definition) is 3. The highest BCUT2D eigenvalue weighted by Gasteiger charge is 2.34. The van der Waals surface area contributed by atoms with Crippen LogP contribution in [0, 0.1) is 11.7 Å². The van der Waals surface area contributed by atoms with Crippen LogP contribution in [0.2, 0.25) is 0 Å². The molecule has 0 unspecified atom stereocenters. The highest BCUT2D eigenvalue weighted by Crippen LogP contribution is 2.37. The monoisotopic (exact) mass is 494 g/mol. The molecule has 3 aromatic rings. The van der Waals surface area contributed by atoms with Gasteiger partial charge in [0.15, 0.2) is 17.4 Å². The molecule has 1 saturated carbocycles. The number of aromatic nitrogens is 2. The van der Waals surface area contributed by atoms with Gasteiger partial charge in [0.1, 0.15) is 17.3 Å². The highest BCUT2D eigenvalue weighted by atomic mass is 19.1.